The highest BCUT2D eigenvalue weighted by atomic mass is 35.5. The van der Waals surface area contributed by atoms with E-state index in [2.05, 4.69) is 15.6 Å². The van der Waals surface area contributed by atoms with Crippen molar-refractivity contribution in [3.8, 4) is 5.75 Å². The normalized spacial score (nSPS) is 16.2. The van der Waals surface area contributed by atoms with Crippen molar-refractivity contribution >= 4 is 40.6 Å². The Labute approximate surface area is 184 Å². The number of anilines is 2. The molecule has 0 spiro atoms. The van der Waals surface area contributed by atoms with Crippen molar-refractivity contribution < 1.29 is 14.4 Å². The maximum Gasteiger partial charge on any atom is 0.244 e. The molecule has 2 aliphatic rings. The molecular formula is C19H22Cl2N6O3. The molecule has 0 aliphatic carbocycles. The predicted molar refractivity (Wildman–Crippen MR) is 115 cm³/mol. The number of carbonyl (C=O) groups is 1. The molecule has 1 N–H and O–H groups in total. The molecule has 3 heterocycles. The third-order valence-electron chi connectivity index (χ3n) is 5.19. The smallest absolute Gasteiger partial charge is 0.244 e. The number of hydrogen-bond acceptors (Lipinski definition) is 7. The van der Waals surface area contributed by atoms with Gasteiger partial charge in [0.2, 0.25) is 5.91 Å². The number of nitrogens with zero attached hydrogens (tertiary/aromatic N) is 5. The Morgan fingerprint density at radius 3 is 2.70 bits per heavy atom. The molecule has 2 aliphatic heterocycles. The Morgan fingerprint density at radius 1 is 1.27 bits per heavy atom. The fraction of sp³-hybridized carbons (Fsp3) is 0.368. The van der Waals surface area contributed by atoms with E-state index in [0.717, 1.165) is 18.8 Å². The van der Waals surface area contributed by atoms with Gasteiger partial charge in [-0.25, -0.2) is 5.01 Å². The van der Waals surface area contributed by atoms with E-state index < -0.39 is 0 Å². The molecule has 1 saturated heterocycles. The second-order valence-corrected chi connectivity index (χ2v) is 7.72. The number of rotatable bonds is 5. The van der Waals surface area contributed by atoms with Gasteiger partial charge in [-0.2, -0.15) is 5.10 Å². The molecule has 0 radical (unpaired) electrons. The first-order valence-corrected chi connectivity index (χ1v) is 10.2. The summed E-state index contributed by atoms with van der Waals surface area (Å²) < 4.78 is 6.91. The fourth-order valence-electron chi connectivity index (χ4n) is 3.43. The van der Waals surface area contributed by atoms with E-state index in [1.165, 1.54) is 6.26 Å². The number of carbonyl (C=O) groups excluding carboxylic acids is 1. The zero-order chi connectivity index (χ0) is 21.3. The zero-order valence-electron chi connectivity index (χ0n) is 16.6. The van der Waals surface area contributed by atoms with Gasteiger partial charge in [0.15, 0.2) is 5.82 Å². The molecule has 30 heavy (non-hydrogen) atoms. The van der Waals surface area contributed by atoms with Gasteiger partial charge in [0, 0.05) is 37.9 Å². The lowest BCUT2D eigenvalue weighted by atomic mass is 10.2. The first-order chi connectivity index (χ1) is 14.5. The average molecular weight is 453 g/mol. The minimum atomic E-state index is -0.00155. The second kappa shape index (κ2) is 8.63. The summed E-state index contributed by atoms with van der Waals surface area (Å²) in [6, 6.07) is 5.70. The lowest BCUT2D eigenvalue weighted by Crippen LogP contribution is -2.49. The fourth-order valence-corrected chi connectivity index (χ4v) is 3.85. The molecule has 1 aromatic carbocycles. The van der Waals surface area contributed by atoms with E-state index in [1.807, 2.05) is 30.0 Å². The maximum atomic E-state index is 12.8. The van der Waals surface area contributed by atoms with Crippen LogP contribution in [-0.4, -0.2) is 53.9 Å². The van der Waals surface area contributed by atoms with Crippen molar-refractivity contribution in [1.29, 1.82) is 0 Å². The number of methoxy groups -OCH3 is 1. The van der Waals surface area contributed by atoms with Crippen LogP contribution >= 0.6 is 23.2 Å². The zero-order valence-corrected chi connectivity index (χ0v) is 18.2. The summed E-state index contributed by atoms with van der Waals surface area (Å²) in [6.07, 6.45) is 3.14. The number of hydrogen-bond donors (Lipinski definition) is 1. The van der Waals surface area contributed by atoms with E-state index >= 15 is 0 Å². The van der Waals surface area contributed by atoms with Crippen LogP contribution in [0.2, 0.25) is 10.0 Å². The van der Waals surface area contributed by atoms with Crippen LogP contribution in [-0.2, 0) is 16.2 Å². The molecule has 1 fully saturated rings. The first kappa shape index (κ1) is 20.6. The van der Waals surface area contributed by atoms with Crippen LogP contribution in [0.5, 0.6) is 5.75 Å². The number of hydrazine groups is 1. The van der Waals surface area contributed by atoms with Crippen molar-refractivity contribution in [2.45, 2.75) is 13.5 Å². The van der Waals surface area contributed by atoms with Crippen molar-refractivity contribution in [2.75, 3.05) is 43.2 Å². The quantitative estimate of drug-likeness (QED) is 0.746. The lowest BCUT2D eigenvalue weighted by molar-refractivity contribution is -0.132. The standard InChI is InChI=1S/C19H22Cl2N6O3/c1-13-18(21)19(26-9-10-30-23-26)22-27(13)12-17(28)25-7-5-24(6-8-25)14-3-4-15(20)16(11-14)29-2/h3-4,9-11,23H,5-8,12H2,1-2H3. The maximum absolute atomic E-state index is 12.8. The predicted octanol–water partition coefficient (Wildman–Crippen LogP) is 2.58. The van der Waals surface area contributed by atoms with Crippen molar-refractivity contribution in [3.63, 3.8) is 0 Å². The van der Waals surface area contributed by atoms with Gasteiger partial charge >= 0.3 is 0 Å². The molecule has 0 saturated carbocycles. The van der Waals surface area contributed by atoms with Crippen LogP contribution in [0.15, 0.2) is 30.7 Å². The van der Waals surface area contributed by atoms with E-state index in [4.69, 9.17) is 32.8 Å². The number of halogens is 2. The topological polar surface area (TPSA) is 75.1 Å². The van der Waals surface area contributed by atoms with Gasteiger partial charge in [-0.15, -0.1) is 0 Å². The second-order valence-electron chi connectivity index (χ2n) is 6.93. The molecule has 1 amide bonds. The van der Waals surface area contributed by atoms with Crippen molar-refractivity contribution in [3.05, 3.63) is 46.4 Å². The van der Waals surface area contributed by atoms with Crippen molar-refractivity contribution in [2.24, 2.45) is 0 Å². The number of benzene rings is 1. The Hall–Kier alpha value is -2.62. The SMILES string of the molecule is COc1cc(N2CCN(C(=O)Cn3nc(N4C=CON4)c(Cl)c3C)CC2)ccc1Cl. The first-order valence-electron chi connectivity index (χ1n) is 9.44. The molecule has 0 atom stereocenters. The highest BCUT2D eigenvalue weighted by Gasteiger charge is 2.25. The van der Waals surface area contributed by atoms with Crippen LogP contribution in [0.25, 0.3) is 0 Å². The third-order valence-corrected chi connectivity index (χ3v) is 5.95. The molecule has 2 aromatic rings. The molecular weight excluding hydrogens is 431 g/mol. The Kier molecular flexibility index (Phi) is 5.94. The monoisotopic (exact) mass is 452 g/mol. The Morgan fingerprint density at radius 2 is 2.03 bits per heavy atom. The van der Waals surface area contributed by atoms with Crippen LogP contribution in [0, 0.1) is 6.92 Å². The molecule has 11 heteroatoms. The molecule has 4 rings (SSSR count). The highest BCUT2D eigenvalue weighted by Crippen LogP contribution is 2.30. The summed E-state index contributed by atoms with van der Waals surface area (Å²) in [5, 5.41) is 7.04. The lowest BCUT2D eigenvalue weighted by Gasteiger charge is -2.36. The third kappa shape index (κ3) is 4.00. The van der Waals surface area contributed by atoms with Crippen molar-refractivity contribution in [1.82, 2.24) is 20.3 Å². The van der Waals surface area contributed by atoms with Gasteiger partial charge in [0.1, 0.15) is 23.6 Å². The molecule has 9 nitrogen and oxygen atoms in total. The van der Waals surface area contributed by atoms with Gasteiger partial charge in [-0.3, -0.25) is 9.48 Å². The molecule has 1 aromatic heterocycles. The number of ether oxygens (including phenoxy) is 1. The van der Waals surface area contributed by atoms with Gasteiger partial charge < -0.3 is 19.4 Å². The van der Waals surface area contributed by atoms with Gasteiger partial charge in [0.05, 0.1) is 24.0 Å². The summed E-state index contributed by atoms with van der Waals surface area (Å²) in [7, 11) is 1.60. The van der Waals surface area contributed by atoms with Crippen LogP contribution in [0.3, 0.4) is 0 Å². The van der Waals surface area contributed by atoms with E-state index in [-0.39, 0.29) is 12.5 Å². The number of amides is 1. The summed E-state index contributed by atoms with van der Waals surface area (Å²) >= 11 is 12.5. The van der Waals surface area contributed by atoms with Gasteiger partial charge in [0.25, 0.3) is 0 Å². The largest absolute Gasteiger partial charge is 0.495 e. The molecule has 160 valence electrons. The minimum Gasteiger partial charge on any atom is -0.495 e. The number of aromatic nitrogens is 2. The molecule has 0 unspecified atom stereocenters. The highest BCUT2D eigenvalue weighted by molar-refractivity contribution is 6.33. The van der Waals surface area contributed by atoms with Gasteiger partial charge in [-0.05, 0) is 19.1 Å². The van der Waals surface area contributed by atoms with Crippen LogP contribution in [0.4, 0.5) is 11.5 Å². The summed E-state index contributed by atoms with van der Waals surface area (Å²) in [5.41, 5.74) is 4.39. The van der Waals surface area contributed by atoms with Crippen LogP contribution < -0.4 is 20.2 Å². The number of nitrogens with one attached hydrogen (secondary N) is 1. The molecule has 0 bridgehead atoms. The minimum absolute atomic E-state index is 0.00155. The number of piperazine rings is 1. The summed E-state index contributed by atoms with van der Waals surface area (Å²) in [6.45, 7) is 4.64. The summed E-state index contributed by atoms with van der Waals surface area (Å²) in [5.74, 6) is 1.12. The Bertz CT molecular complexity index is 971. The summed E-state index contributed by atoms with van der Waals surface area (Å²) in [4.78, 5) is 21.9. The van der Waals surface area contributed by atoms with E-state index in [1.54, 1.807) is 23.0 Å². The van der Waals surface area contributed by atoms with Gasteiger partial charge in [-0.1, -0.05) is 28.8 Å². The van der Waals surface area contributed by atoms with E-state index in [0.29, 0.717) is 40.4 Å². The van der Waals surface area contributed by atoms with E-state index in [9.17, 15) is 4.79 Å². The average Bonchev–Trinajstić information content (AvgIpc) is 3.38. The van der Waals surface area contributed by atoms with Crippen LogP contribution in [0.1, 0.15) is 5.69 Å². The Balaban J connectivity index is 1.38.